The normalized spacial score (nSPS) is 11.2. The van der Waals surface area contributed by atoms with Crippen LogP contribution in [0.5, 0.6) is 0 Å². The molecule has 0 spiro atoms. The van der Waals surface area contributed by atoms with Crippen molar-refractivity contribution in [3.05, 3.63) is 29.5 Å². The van der Waals surface area contributed by atoms with Gasteiger partial charge in [0.05, 0.1) is 20.7 Å². The molecule has 0 aliphatic heterocycles. The smallest absolute Gasteiger partial charge is 0.108 e. The van der Waals surface area contributed by atoms with E-state index in [-0.39, 0.29) is 0 Å². The topological polar surface area (TPSA) is 38.7 Å². The van der Waals surface area contributed by atoms with E-state index in [1.807, 2.05) is 19.1 Å². The van der Waals surface area contributed by atoms with Gasteiger partial charge in [0.15, 0.2) is 0 Å². The zero-order chi connectivity index (χ0) is 9.54. The lowest BCUT2D eigenvalue weighted by molar-refractivity contribution is 1.30. The van der Waals surface area contributed by atoms with Gasteiger partial charge in [0, 0.05) is 12.4 Å². The maximum Gasteiger partial charge on any atom is 0.108 e. The second kappa shape index (κ2) is 2.72. The highest BCUT2D eigenvalue weighted by Crippen LogP contribution is 2.27. The summed E-state index contributed by atoms with van der Waals surface area (Å²) in [4.78, 5) is 13.0. The first-order valence-corrected chi connectivity index (χ1v) is 5.13. The fraction of sp³-hybridized carbons (Fsp3) is 0.100. The Labute approximate surface area is 84.5 Å². The molecule has 3 rings (SSSR count). The average Bonchev–Trinajstić information content (AvgIpc) is 2.59. The quantitative estimate of drug-likeness (QED) is 0.561. The monoisotopic (exact) mass is 201 g/mol. The van der Waals surface area contributed by atoms with Crippen LogP contribution in [-0.2, 0) is 0 Å². The molecule has 0 saturated heterocycles. The molecule has 0 amide bonds. The summed E-state index contributed by atoms with van der Waals surface area (Å²) < 4.78 is 1.13. The van der Waals surface area contributed by atoms with Crippen LogP contribution in [-0.4, -0.2) is 15.0 Å². The van der Waals surface area contributed by atoms with Crippen LogP contribution >= 0.6 is 11.3 Å². The van der Waals surface area contributed by atoms with Gasteiger partial charge >= 0.3 is 0 Å². The Morgan fingerprint density at radius 2 is 1.86 bits per heavy atom. The molecule has 0 unspecified atom stereocenters. The fourth-order valence-corrected chi connectivity index (χ4v) is 2.44. The first kappa shape index (κ1) is 7.82. The van der Waals surface area contributed by atoms with Crippen LogP contribution < -0.4 is 0 Å². The van der Waals surface area contributed by atoms with Crippen LogP contribution in [0.4, 0.5) is 0 Å². The van der Waals surface area contributed by atoms with Crippen molar-refractivity contribution in [1.82, 2.24) is 15.0 Å². The van der Waals surface area contributed by atoms with Crippen LogP contribution in [0.2, 0.25) is 0 Å². The van der Waals surface area contributed by atoms with E-state index < -0.39 is 0 Å². The molecule has 1 aromatic carbocycles. The van der Waals surface area contributed by atoms with Crippen molar-refractivity contribution in [2.24, 2.45) is 0 Å². The lowest BCUT2D eigenvalue weighted by Gasteiger charge is -1.94. The van der Waals surface area contributed by atoms with Gasteiger partial charge in [-0.3, -0.25) is 9.97 Å². The molecule has 14 heavy (non-hydrogen) atoms. The van der Waals surface area contributed by atoms with Crippen molar-refractivity contribution in [1.29, 1.82) is 0 Å². The molecule has 0 bridgehead atoms. The molecule has 3 nitrogen and oxygen atoms in total. The summed E-state index contributed by atoms with van der Waals surface area (Å²) in [5.41, 5.74) is 2.90. The van der Waals surface area contributed by atoms with Gasteiger partial charge in [0.25, 0.3) is 0 Å². The maximum atomic E-state index is 4.41. The van der Waals surface area contributed by atoms with Crippen LogP contribution in [0.25, 0.3) is 21.3 Å². The van der Waals surface area contributed by atoms with Crippen molar-refractivity contribution >= 4 is 32.6 Å². The highest BCUT2D eigenvalue weighted by Gasteiger charge is 2.05. The lowest BCUT2D eigenvalue weighted by atomic mass is 10.3. The fourth-order valence-electron chi connectivity index (χ4n) is 1.53. The van der Waals surface area contributed by atoms with Gasteiger partial charge in [-0.25, -0.2) is 4.98 Å². The van der Waals surface area contributed by atoms with E-state index in [1.165, 1.54) is 0 Å². The second-order valence-corrected chi connectivity index (χ2v) is 4.27. The molecular weight excluding hydrogens is 194 g/mol. The van der Waals surface area contributed by atoms with E-state index in [0.29, 0.717) is 0 Å². The Morgan fingerprint density at radius 3 is 2.79 bits per heavy atom. The average molecular weight is 201 g/mol. The van der Waals surface area contributed by atoms with Gasteiger partial charge in [-0.1, -0.05) is 0 Å². The minimum absolute atomic E-state index is 0.934. The van der Waals surface area contributed by atoms with Gasteiger partial charge in [0.2, 0.25) is 0 Å². The molecule has 4 heteroatoms. The van der Waals surface area contributed by atoms with Gasteiger partial charge < -0.3 is 0 Å². The van der Waals surface area contributed by atoms with Crippen LogP contribution in [0.1, 0.15) is 5.01 Å². The van der Waals surface area contributed by atoms with Gasteiger partial charge in [-0.05, 0) is 19.1 Å². The Morgan fingerprint density at radius 1 is 1.07 bits per heavy atom. The largest absolute Gasteiger partial charge is 0.253 e. The number of hydrogen-bond donors (Lipinski definition) is 0. The molecule has 2 heterocycles. The van der Waals surface area contributed by atoms with Crippen LogP contribution in [0, 0.1) is 6.92 Å². The number of fused-ring (bicyclic) bond motifs is 3. The number of thiazole rings is 1. The summed E-state index contributed by atoms with van der Waals surface area (Å²) in [6, 6.07) is 3.96. The number of aryl methyl sites for hydroxylation is 1. The second-order valence-electron chi connectivity index (χ2n) is 3.07. The van der Waals surface area contributed by atoms with Gasteiger partial charge in [-0.2, -0.15) is 0 Å². The predicted octanol–water partition coefficient (Wildman–Crippen LogP) is 2.55. The number of rotatable bonds is 0. The van der Waals surface area contributed by atoms with Crippen molar-refractivity contribution < 1.29 is 0 Å². The van der Waals surface area contributed by atoms with E-state index >= 15 is 0 Å². The zero-order valence-corrected chi connectivity index (χ0v) is 8.38. The summed E-state index contributed by atoms with van der Waals surface area (Å²) in [7, 11) is 0. The highest BCUT2D eigenvalue weighted by molar-refractivity contribution is 7.19. The van der Waals surface area contributed by atoms with E-state index in [0.717, 1.165) is 26.3 Å². The Bertz CT molecular complexity index is 615. The van der Waals surface area contributed by atoms with Crippen molar-refractivity contribution in [3.8, 4) is 0 Å². The molecule has 3 aromatic rings. The molecule has 0 saturated carbocycles. The summed E-state index contributed by atoms with van der Waals surface area (Å²) in [5.74, 6) is 0. The van der Waals surface area contributed by atoms with Crippen molar-refractivity contribution in [3.63, 3.8) is 0 Å². The summed E-state index contributed by atoms with van der Waals surface area (Å²) in [6.07, 6.45) is 3.43. The molecule has 2 aromatic heterocycles. The third-order valence-electron chi connectivity index (χ3n) is 2.10. The maximum absolute atomic E-state index is 4.41. The minimum Gasteiger partial charge on any atom is -0.253 e. The van der Waals surface area contributed by atoms with E-state index in [4.69, 9.17) is 0 Å². The molecular formula is C10H7N3S. The Hall–Kier alpha value is -1.55. The van der Waals surface area contributed by atoms with E-state index in [1.54, 1.807) is 23.7 Å². The minimum atomic E-state index is 0.934. The van der Waals surface area contributed by atoms with Gasteiger partial charge in [-0.15, -0.1) is 11.3 Å². The number of benzene rings is 1. The number of aromatic nitrogens is 3. The molecule has 0 aliphatic rings. The third kappa shape index (κ3) is 1.01. The van der Waals surface area contributed by atoms with Crippen LogP contribution in [0.3, 0.4) is 0 Å². The predicted molar refractivity (Wildman–Crippen MR) is 57.5 cm³/mol. The third-order valence-corrected chi connectivity index (χ3v) is 3.09. The van der Waals surface area contributed by atoms with Gasteiger partial charge in [0.1, 0.15) is 5.52 Å². The van der Waals surface area contributed by atoms with Crippen molar-refractivity contribution in [2.75, 3.05) is 0 Å². The lowest BCUT2D eigenvalue weighted by Crippen LogP contribution is -1.81. The Kier molecular flexibility index (Phi) is 1.52. The van der Waals surface area contributed by atoms with E-state index in [9.17, 15) is 0 Å². The van der Waals surface area contributed by atoms with Crippen molar-refractivity contribution in [2.45, 2.75) is 6.92 Å². The first-order chi connectivity index (χ1) is 6.84. The summed E-state index contributed by atoms with van der Waals surface area (Å²) in [5, 5.41) is 1.07. The number of hydrogen-bond acceptors (Lipinski definition) is 4. The summed E-state index contributed by atoms with van der Waals surface area (Å²) in [6.45, 7) is 2.01. The summed E-state index contributed by atoms with van der Waals surface area (Å²) >= 11 is 1.67. The first-order valence-electron chi connectivity index (χ1n) is 4.31. The number of nitrogens with zero attached hydrogens (tertiary/aromatic N) is 3. The van der Waals surface area contributed by atoms with E-state index in [2.05, 4.69) is 15.0 Å². The molecule has 68 valence electrons. The molecule has 0 aliphatic carbocycles. The highest BCUT2D eigenvalue weighted by atomic mass is 32.1. The van der Waals surface area contributed by atoms with Crippen LogP contribution in [0.15, 0.2) is 24.5 Å². The standard InChI is InChI=1S/C10H7N3S/c1-6-13-8-3-2-7-9(10(8)14-6)12-5-4-11-7/h2-5H,1H3. The molecule has 0 fully saturated rings. The molecule has 0 atom stereocenters. The molecule has 0 radical (unpaired) electrons. The Balaban J connectivity index is 2.60. The molecule has 0 N–H and O–H groups in total. The zero-order valence-electron chi connectivity index (χ0n) is 7.56. The SMILES string of the molecule is Cc1nc2ccc3nccnc3c2s1.